The van der Waals surface area contributed by atoms with Crippen LogP contribution in [0.5, 0.6) is 0 Å². The largest absolute Gasteiger partial charge is 0.345 e. The van der Waals surface area contributed by atoms with Crippen LogP contribution in [0, 0.1) is 6.92 Å². The minimum Gasteiger partial charge on any atom is -0.345 e. The smallest absolute Gasteiger partial charge is 0.253 e. The van der Waals surface area contributed by atoms with Crippen LogP contribution in [0.1, 0.15) is 53.7 Å². The minimum absolute atomic E-state index is 0.0280. The number of aryl methyl sites for hydroxylation is 1. The first-order chi connectivity index (χ1) is 9.46. The monoisotopic (exact) mass is 271 g/mol. The number of hydrogen-bond acceptors (Lipinski definition) is 1. The Labute approximate surface area is 122 Å². The molecule has 0 spiro atoms. The molecule has 0 heterocycles. The summed E-state index contributed by atoms with van der Waals surface area (Å²) in [6, 6.07) is 3.92. The summed E-state index contributed by atoms with van der Waals surface area (Å²) >= 11 is 0. The fourth-order valence-electron chi connectivity index (χ4n) is 2.47. The maximum absolute atomic E-state index is 12.1. The van der Waals surface area contributed by atoms with Gasteiger partial charge in [0.2, 0.25) is 0 Å². The van der Waals surface area contributed by atoms with E-state index in [1.165, 1.54) is 11.1 Å². The van der Waals surface area contributed by atoms with Crippen LogP contribution in [-0.2, 0) is 0 Å². The van der Waals surface area contributed by atoms with E-state index in [4.69, 9.17) is 0 Å². The summed E-state index contributed by atoms with van der Waals surface area (Å²) in [7, 11) is 3.54. The molecule has 0 aliphatic rings. The molecule has 1 aromatic rings. The highest BCUT2D eigenvalue weighted by Gasteiger charge is 2.14. The molecule has 0 saturated heterocycles. The van der Waals surface area contributed by atoms with E-state index in [0.717, 1.165) is 29.5 Å². The van der Waals surface area contributed by atoms with Crippen LogP contribution in [0.3, 0.4) is 0 Å². The Morgan fingerprint density at radius 2 is 1.95 bits per heavy atom. The van der Waals surface area contributed by atoms with Crippen molar-refractivity contribution >= 4 is 17.6 Å². The van der Waals surface area contributed by atoms with Gasteiger partial charge in [-0.15, -0.1) is 0 Å². The molecule has 0 aliphatic heterocycles. The fourth-order valence-corrected chi connectivity index (χ4v) is 2.47. The Morgan fingerprint density at radius 3 is 2.40 bits per heavy atom. The molecule has 0 atom stereocenters. The zero-order chi connectivity index (χ0) is 15.3. The molecule has 0 N–H and O–H groups in total. The van der Waals surface area contributed by atoms with Crippen molar-refractivity contribution < 1.29 is 4.79 Å². The molecule has 20 heavy (non-hydrogen) atoms. The molecule has 0 radical (unpaired) electrons. The predicted molar refractivity (Wildman–Crippen MR) is 87.8 cm³/mol. The van der Waals surface area contributed by atoms with Crippen LogP contribution in [0.2, 0.25) is 0 Å². The van der Waals surface area contributed by atoms with Crippen molar-refractivity contribution in [2.24, 2.45) is 0 Å². The zero-order valence-corrected chi connectivity index (χ0v) is 13.3. The van der Waals surface area contributed by atoms with Crippen molar-refractivity contribution in [2.45, 2.75) is 33.6 Å². The van der Waals surface area contributed by atoms with E-state index in [2.05, 4.69) is 33.4 Å². The summed E-state index contributed by atoms with van der Waals surface area (Å²) in [6.45, 7) is 10.3. The predicted octanol–water partition coefficient (Wildman–Crippen LogP) is 4.54. The van der Waals surface area contributed by atoms with Gasteiger partial charge in [0.1, 0.15) is 0 Å². The van der Waals surface area contributed by atoms with E-state index < -0.39 is 0 Å². The van der Waals surface area contributed by atoms with Gasteiger partial charge in [-0.05, 0) is 54.2 Å². The highest BCUT2D eigenvalue weighted by Crippen LogP contribution is 2.28. The molecule has 1 rings (SSSR count). The number of benzene rings is 1. The minimum atomic E-state index is 0.0280. The summed E-state index contributed by atoms with van der Waals surface area (Å²) in [5.74, 6) is 0.0280. The van der Waals surface area contributed by atoms with Gasteiger partial charge in [0, 0.05) is 19.7 Å². The number of carbonyl (C=O) groups excluding carboxylic acids is 1. The standard InChI is InChI=1S/C18H25NO/c1-7-10-14(8-2)17-13(4)11-16(12-15(17)9-3)18(20)19(5)6/h9-12H,3,7-8H2,1-2,4-6H3/b14-10+. The first-order valence-electron chi connectivity index (χ1n) is 7.14. The topological polar surface area (TPSA) is 20.3 Å². The molecule has 108 valence electrons. The van der Waals surface area contributed by atoms with E-state index in [0.29, 0.717) is 0 Å². The zero-order valence-electron chi connectivity index (χ0n) is 13.3. The molecule has 0 saturated carbocycles. The number of carbonyl (C=O) groups is 1. The Bertz CT molecular complexity index is 539. The summed E-state index contributed by atoms with van der Waals surface area (Å²) in [5.41, 5.74) is 5.44. The lowest BCUT2D eigenvalue weighted by atomic mass is 9.90. The van der Waals surface area contributed by atoms with Crippen LogP contribution in [0.15, 0.2) is 24.8 Å². The van der Waals surface area contributed by atoms with Crippen LogP contribution >= 0.6 is 0 Å². The van der Waals surface area contributed by atoms with Gasteiger partial charge in [-0.1, -0.05) is 32.6 Å². The maximum atomic E-state index is 12.1. The Kier molecular flexibility index (Phi) is 5.75. The third-order valence-corrected chi connectivity index (χ3v) is 3.39. The number of amides is 1. The van der Waals surface area contributed by atoms with Crippen molar-refractivity contribution in [3.8, 4) is 0 Å². The van der Waals surface area contributed by atoms with Crippen LogP contribution in [0.4, 0.5) is 0 Å². The number of allylic oxidation sites excluding steroid dienone is 2. The van der Waals surface area contributed by atoms with Gasteiger partial charge in [0.25, 0.3) is 5.91 Å². The number of rotatable bonds is 5. The summed E-state index contributed by atoms with van der Waals surface area (Å²) < 4.78 is 0. The second kappa shape index (κ2) is 7.09. The highest BCUT2D eigenvalue weighted by molar-refractivity contribution is 5.95. The van der Waals surface area contributed by atoms with Gasteiger partial charge >= 0.3 is 0 Å². The second-order valence-electron chi connectivity index (χ2n) is 5.15. The molecular formula is C18H25NO. The molecule has 1 aromatic carbocycles. The highest BCUT2D eigenvalue weighted by atomic mass is 16.2. The molecule has 2 heteroatoms. The van der Waals surface area contributed by atoms with E-state index in [1.807, 2.05) is 18.2 Å². The molecule has 0 aliphatic carbocycles. The Morgan fingerprint density at radius 1 is 1.30 bits per heavy atom. The third-order valence-electron chi connectivity index (χ3n) is 3.39. The van der Waals surface area contributed by atoms with Gasteiger partial charge in [-0.2, -0.15) is 0 Å². The Balaban J connectivity index is 3.46. The van der Waals surface area contributed by atoms with Crippen molar-refractivity contribution in [1.82, 2.24) is 4.90 Å². The average Bonchev–Trinajstić information content (AvgIpc) is 2.43. The lowest BCUT2D eigenvalue weighted by molar-refractivity contribution is 0.0827. The van der Waals surface area contributed by atoms with E-state index in [-0.39, 0.29) is 5.91 Å². The molecule has 0 unspecified atom stereocenters. The number of hydrogen-bond donors (Lipinski definition) is 0. The van der Waals surface area contributed by atoms with Gasteiger partial charge in [0.05, 0.1) is 0 Å². The van der Waals surface area contributed by atoms with Crippen LogP contribution in [-0.4, -0.2) is 24.9 Å². The van der Waals surface area contributed by atoms with Gasteiger partial charge in [0.15, 0.2) is 0 Å². The lowest BCUT2D eigenvalue weighted by Gasteiger charge is -2.17. The molecule has 0 fully saturated rings. The molecule has 0 aromatic heterocycles. The second-order valence-corrected chi connectivity index (χ2v) is 5.15. The summed E-state index contributed by atoms with van der Waals surface area (Å²) in [4.78, 5) is 13.7. The molecule has 2 nitrogen and oxygen atoms in total. The molecule has 1 amide bonds. The lowest BCUT2D eigenvalue weighted by Crippen LogP contribution is -2.22. The van der Waals surface area contributed by atoms with Crippen molar-refractivity contribution in [1.29, 1.82) is 0 Å². The number of nitrogens with zero attached hydrogens (tertiary/aromatic N) is 1. The third kappa shape index (κ3) is 3.38. The SMILES string of the molecule is C=Cc1cc(C(=O)N(C)C)cc(C)c1/C(=C/CC)CC. The van der Waals surface area contributed by atoms with Gasteiger partial charge in [-0.3, -0.25) is 4.79 Å². The van der Waals surface area contributed by atoms with Crippen LogP contribution < -0.4 is 0 Å². The van der Waals surface area contributed by atoms with E-state index >= 15 is 0 Å². The average molecular weight is 271 g/mol. The quantitative estimate of drug-likeness (QED) is 0.769. The summed E-state index contributed by atoms with van der Waals surface area (Å²) in [6.07, 6.45) is 6.09. The normalized spacial score (nSPS) is 11.3. The fraction of sp³-hybridized carbons (Fsp3) is 0.389. The van der Waals surface area contributed by atoms with Gasteiger partial charge in [-0.25, -0.2) is 0 Å². The van der Waals surface area contributed by atoms with E-state index in [1.54, 1.807) is 19.0 Å². The molecular weight excluding hydrogens is 246 g/mol. The first kappa shape index (κ1) is 16.2. The maximum Gasteiger partial charge on any atom is 0.253 e. The van der Waals surface area contributed by atoms with Crippen molar-refractivity contribution in [3.05, 3.63) is 47.0 Å². The van der Waals surface area contributed by atoms with Crippen LogP contribution in [0.25, 0.3) is 11.6 Å². The summed E-state index contributed by atoms with van der Waals surface area (Å²) in [5, 5.41) is 0. The van der Waals surface area contributed by atoms with Gasteiger partial charge < -0.3 is 4.90 Å². The van der Waals surface area contributed by atoms with E-state index in [9.17, 15) is 4.79 Å². The van der Waals surface area contributed by atoms with Crippen molar-refractivity contribution in [3.63, 3.8) is 0 Å². The first-order valence-corrected chi connectivity index (χ1v) is 7.14. The van der Waals surface area contributed by atoms with Crippen molar-refractivity contribution in [2.75, 3.05) is 14.1 Å². The molecule has 0 bridgehead atoms. The Hall–Kier alpha value is -1.83.